The third-order valence-electron chi connectivity index (χ3n) is 2.71. The van der Waals surface area contributed by atoms with Gasteiger partial charge in [0, 0.05) is 6.08 Å². The fraction of sp³-hybridized carbons (Fsp3) is 0.125. The van der Waals surface area contributed by atoms with Crippen LogP contribution in [-0.2, 0) is 14.3 Å². The Morgan fingerprint density at radius 3 is 2.45 bits per heavy atom. The van der Waals surface area contributed by atoms with E-state index in [2.05, 4.69) is 6.58 Å². The fourth-order valence-corrected chi connectivity index (χ4v) is 1.74. The Hall–Kier alpha value is -2.62. The van der Waals surface area contributed by atoms with Gasteiger partial charge in [0.05, 0.1) is 5.56 Å². The van der Waals surface area contributed by atoms with Gasteiger partial charge in [-0.3, -0.25) is 0 Å². The van der Waals surface area contributed by atoms with Gasteiger partial charge in [-0.25, -0.2) is 9.59 Å². The number of rotatable bonds is 5. The van der Waals surface area contributed by atoms with E-state index in [9.17, 15) is 9.59 Å². The van der Waals surface area contributed by atoms with Crippen LogP contribution in [0.4, 0.5) is 0 Å². The van der Waals surface area contributed by atoms with Crippen molar-refractivity contribution in [1.29, 1.82) is 0 Å². The topological polar surface area (TPSA) is 52.6 Å². The van der Waals surface area contributed by atoms with Crippen LogP contribution in [0.2, 0.25) is 0 Å². The molecule has 2 aromatic rings. The van der Waals surface area contributed by atoms with Crippen molar-refractivity contribution in [3.63, 3.8) is 0 Å². The molecule has 4 nitrogen and oxygen atoms in total. The molecule has 0 radical (unpaired) electrons. The van der Waals surface area contributed by atoms with Gasteiger partial charge in [-0.05, 0) is 22.9 Å². The lowest BCUT2D eigenvalue weighted by atomic mass is 10.1. The van der Waals surface area contributed by atoms with Gasteiger partial charge in [0.1, 0.15) is 13.2 Å². The first-order valence-corrected chi connectivity index (χ1v) is 6.16. The van der Waals surface area contributed by atoms with Crippen LogP contribution < -0.4 is 0 Å². The van der Waals surface area contributed by atoms with Crippen LogP contribution in [-0.4, -0.2) is 25.2 Å². The van der Waals surface area contributed by atoms with Crippen molar-refractivity contribution in [2.75, 3.05) is 13.2 Å². The Labute approximate surface area is 116 Å². The molecule has 0 saturated heterocycles. The highest BCUT2D eigenvalue weighted by atomic mass is 16.6. The van der Waals surface area contributed by atoms with Crippen molar-refractivity contribution >= 4 is 22.7 Å². The average molecular weight is 270 g/mol. The second-order valence-corrected chi connectivity index (χ2v) is 4.07. The van der Waals surface area contributed by atoms with Crippen molar-refractivity contribution in [2.45, 2.75) is 0 Å². The molecule has 0 bridgehead atoms. The number of ether oxygens (including phenoxy) is 2. The largest absolute Gasteiger partial charge is 0.459 e. The summed E-state index contributed by atoms with van der Waals surface area (Å²) in [5, 5.41) is 2.03. The number of carbonyl (C=O) groups is 2. The van der Waals surface area contributed by atoms with Crippen molar-refractivity contribution in [3.05, 3.63) is 60.7 Å². The van der Waals surface area contributed by atoms with Gasteiger partial charge in [-0.15, -0.1) is 0 Å². The quantitative estimate of drug-likeness (QED) is 0.476. The number of esters is 2. The molecule has 0 unspecified atom stereocenters. The third kappa shape index (κ3) is 3.45. The molecule has 0 aliphatic rings. The predicted molar refractivity (Wildman–Crippen MR) is 75.4 cm³/mol. The van der Waals surface area contributed by atoms with Crippen LogP contribution in [0, 0.1) is 0 Å². The molecule has 0 N–H and O–H groups in total. The molecule has 2 aromatic carbocycles. The van der Waals surface area contributed by atoms with Gasteiger partial charge in [-0.1, -0.05) is 36.9 Å². The molecule has 0 amide bonds. The second kappa shape index (κ2) is 6.52. The maximum Gasteiger partial charge on any atom is 0.338 e. The maximum atomic E-state index is 11.8. The molecule has 20 heavy (non-hydrogen) atoms. The number of hydrogen-bond donors (Lipinski definition) is 0. The molecule has 0 heterocycles. The Morgan fingerprint density at radius 1 is 1.00 bits per heavy atom. The zero-order chi connectivity index (χ0) is 14.4. The Morgan fingerprint density at radius 2 is 1.70 bits per heavy atom. The second-order valence-electron chi connectivity index (χ2n) is 4.07. The van der Waals surface area contributed by atoms with Crippen LogP contribution >= 0.6 is 0 Å². The van der Waals surface area contributed by atoms with E-state index >= 15 is 0 Å². The normalized spacial score (nSPS) is 10.0. The monoisotopic (exact) mass is 270 g/mol. The third-order valence-corrected chi connectivity index (χ3v) is 2.71. The maximum absolute atomic E-state index is 11.8. The molecule has 102 valence electrons. The first-order valence-electron chi connectivity index (χ1n) is 6.16. The summed E-state index contributed by atoms with van der Waals surface area (Å²) in [6.45, 7) is 3.31. The summed E-state index contributed by atoms with van der Waals surface area (Å²) in [5.41, 5.74) is 0.471. The van der Waals surface area contributed by atoms with E-state index in [0.717, 1.165) is 16.8 Å². The predicted octanol–water partition coefficient (Wildman–Crippen LogP) is 2.73. The lowest BCUT2D eigenvalue weighted by Crippen LogP contribution is -2.12. The average Bonchev–Trinajstić information content (AvgIpc) is 2.50. The Balaban J connectivity index is 1.94. The zero-order valence-electron chi connectivity index (χ0n) is 10.9. The van der Waals surface area contributed by atoms with Gasteiger partial charge in [0.25, 0.3) is 0 Å². The van der Waals surface area contributed by atoms with Crippen LogP contribution in [0.15, 0.2) is 55.1 Å². The first-order chi connectivity index (χ1) is 9.70. The molecular formula is C16H14O4. The summed E-state index contributed by atoms with van der Waals surface area (Å²) < 4.78 is 9.73. The SMILES string of the molecule is C=CC(=O)OCCOC(=O)c1ccc2ccccc2c1. The smallest absolute Gasteiger partial charge is 0.338 e. The molecular weight excluding hydrogens is 256 g/mol. The summed E-state index contributed by atoms with van der Waals surface area (Å²) in [5.74, 6) is -0.975. The molecule has 0 aliphatic heterocycles. The lowest BCUT2D eigenvalue weighted by molar-refractivity contribution is -0.138. The number of fused-ring (bicyclic) bond motifs is 1. The van der Waals surface area contributed by atoms with Gasteiger partial charge in [0.15, 0.2) is 0 Å². The highest BCUT2D eigenvalue weighted by Crippen LogP contribution is 2.16. The zero-order valence-corrected chi connectivity index (χ0v) is 10.9. The van der Waals surface area contributed by atoms with Crippen molar-refractivity contribution < 1.29 is 19.1 Å². The number of carbonyl (C=O) groups excluding carboxylic acids is 2. The van der Waals surface area contributed by atoms with E-state index in [1.165, 1.54) is 0 Å². The lowest BCUT2D eigenvalue weighted by Gasteiger charge is -2.06. The van der Waals surface area contributed by atoms with E-state index in [4.69, 9.17) is 9.47 Å². The van der Waals surface area contributed by atoms with Gasteiger partial charge in [0.2, 0.25) is 0 Å². The summed E-state index contributed by atoms with van der Waals surface area (Å²) in [6.07, 6.45) is 1.06. The minimum atomic E-state index is -0.535. The highest BCUT2D eigenvalue weighted by molar-refractivity contribution is 5.95. The first kappa shape index (κ1) is 13.8. The molecule has 0 aliphatic carbocycles. The van der Waals surface area contributed by atoms with Crippen LogP contribution in [0.25, 0.3) is 10.8 Å². The Kier molecular flexibility index (Phi) is 4.50. The molecule has 0 fully saturated rings. The number of benzene rings is 2. The molecule has 2 rings (SSSR count). The summed E-state index contributed by atoms with van der Waals surface area (Å²) in [4.78, 5) is 22.6. The summed E-state index contributed by atoms with van der Waals surface area (Å²) in [7, 11) is 0. The molecule has 0 saturated carbocycles. The van der Waals surface area contributed by atoms with Crippen molar-refractivity contribution in [1.82, 2.24) is 0 Å². The van der Waals surface area contributed by atoms with Gasteiger partial charge in [-0.2, -0.15) is 0 Å². The molecule has 4 heteroatoms. The van der Waals surface area contributed by atoms with Crippen molar-refractivity contribution in [2.24, 2.45) is 0 Å². The van der Waals surface area contributed by atoms with E-state index in [-0.39, 0.29) is 13.2 Å². The minimum Gasteiger partial charge on any atom is -0.459 e. The van der Waals surface area contributed by atoms with Gasteiger partial charge >= 0.3 is 11.9 Å². The number of hydrogen-bond acceptors (Lipinski definition) is 4. The van der Waals surface area contributed by atoms with Crippen LogP contribution in [0.3, 0.4) is 0 Å². The fourth-order valence-electron chi connectivity index (χ4n) is 1.74. The molecule has 0 spiro atoms. The van der Waals surface area contributed by atoms with E-state index in [0.29, 0.717) is 5.56 Å². The highest BCUT2D eigenvalue weighted by Gasteiger charge is 2.08. The van der Waals surface area contributed by atoms with Crippen LogP contribution in [0.1, 0.15) is 10.4 Å². The van der Waals surface area contributed by atoms with Crippen LogP contribution in [0.5, 0.6) is 0 Å². The summed E-state index contributed by atoms with van der Waals surface area (Å²) in [6, 6.07) is 13.1. The van der Waals surface area contributed by atoms with E-state index in [1.807, 2.05) is 30.3 Å². The van der Waals surface area contributed by atoms with Crippen molar-refractivity contribution in [3.8, 4) is 0 Å². The Bertz CT molecular complexity index is 646. The standard InChI is InChI=1S/C16H14O4/c1-2-15(17)19-9-10-20-16(18)14-8-7-12-5-3-4-6-13(12)11-14/h2-8,11H,1,9-10H2. The van der Waals surface area contributed by atoms with Gasteiger partial charge < -0.3 is 9.47 Å². The van der Waals surface area contributed by atoms with E-state index in [1.54, 1.807) is 12.1 Å². The van der Waals surface area contributed by atoms with E-state index < -0.39 is 11.9 Å². The molecule has 0 atom stereocenters. The summed E-state index contributed by atoms with van der Waals surface area (Å²) >= 11 is 0. The minimum absolute atomic E-state index is 0.0180. The molecule has 0 aromatic heterocycles.